The smallest absolute Gasteiger partial charge is 0.256 e. The van der Waals surface area contributed by atoms with Crippen molar-refractivity contribution < 1.29 is 9.18 Å². The number of amides is 1. The summed E-state index contributed by atoms with van der Waals surface area (Å²) in [5.74, 6) is -0.746. The van der Waals surface area contributed by atoms with E-state index in [-0.39, 0.29) is 17.5 Å². The van der Waals surface area contributed by atoms with Crippen LogP contribution in [0.4, 0.5) is 4.39 Å². The van der Waals surface area contributed by atoms with E-state index in [2.05, 4.69) is 6.07 Å². The fraction of sp³-hybridized carbons (Fsp3) is 0.467. The standard InChI is InChI=1S/C15H18FN3O/c1-11-3-4-14(16)13(9-11)15(20)19-7-5-18(6-8-19)12(2)10-17/h3-4,9,12H,5-8H2,1-2H3. The highest BCUT2D eigenvalue weighted by atomic mass is 19.1. The molecule has 1 unspecified atom stereocenters. The van der Waals surface area contributed by atoms with E-state index in [1.54, 1.807) is 17.0 Å². The molecular formula is C15H18FN3O. The molecule has 1 aromatic carbocycles. The van der Waals surface area contributed by atoms with Crippen LogP contribution in [0.15, 0.2) is 18.2 Å². The van der Waals surface area contributed by atoms with E-state index >= 15 is 0 Å². The molecule has 0 N–H and O–H groups in total. The molecule has 1 aliphatic rings. The van der Waals surface area contributed by atoms with Crippen LogP contribution >= 0.6 is 0 Å². The summed E-state index contributed by atoms with van der Waals surface area (Å²) >= 11 is 0. The molecule has 2 rings (SSSR count). The lowest BCUT2D eigenvalue weighted by Crippen LogP contribution is -2.51. The number of rotatable bonds is 2. The molecule has 0 bridgehead atoms. The largest absolute Gasteiger partial charge is 0.336 e. The van der Waals surface area contributed by atoms with Gasteiger partial charge < -0.3 is 4.90 Å². The Kier molecular flexibility index (Phi) is 4.35. The number of halogens is 1. The summed E-state index contributed by atoms with van der Waals surface area (Å²) < 4.78 is 13.7. The highest BCUT2D eigenvalue weighted by Crippen LogP contribution is 2.15. The Morgan fingerprint density at radius 2 is 2.00 bits per heavy atom. The number of nitrogens with zero attached hydrogens (tertiary/aromatic N) is 3. The van der Waals surface area contributed by atoms with Gasteiger partial charge in [-0.15, -0.1) is 0 Å². The number of piperazine rings is 1. The van der Waals surface area contributed by atoms with Crippen molar-refractivity contribution in [2.75, 3.05) is 26.2 Å². The second kappa shape index (κ2) is 6.02. The van der Waals surface area contributed by atoms with Gasteiger partial charge in [0.2, 0.25) is 0 Å². The van der Waals surface area contributed by atoms with Crippen LogP contribution in [0.5, 0.6) is 0 Å². The second-order valence-electron chi connectivity index (χ2n) is 5.12. The average Bonchev–Trinajstić information content (AvgIpc) is 2.48. The van der Waals surface area contributed by atoms with Crippen molar-refractivity contribution in [1.82, 2.24) is 9.80 Å². The molecule has 1 aliphatic heterocycles. The van der Waals surface area contributed by atoms with Crippen LogP contribution in [0.3, 0.4) is 0 Å². The molecule has 0 spiro atoms. The number of hydrogen-bond acceptors (Lipinski definition) is 3. The third-order valence-electron chi connectivity index (χ3n) is 3.69. The first-order valence-corrected chi connectivity index (χ1v) is 6.72. The Bertz CT molecular complexity index is 545. The van der Waals surface area contributed by atoms with E-state index in [4.69, 9.17) is 5.26 Å². The van der Waals surface area contributed by atoms with Crippen LogP contribution in [0.1, 0.15) is 22.8 Å². The lowest BCUT2D eigenvalue weighted by atomic mass is 10.1. The molecule has 106 valence electrons. The van der Waals surface area contributed by atoms with Crippen molar-refractivity contribution in [3.8, 4) is 6.07 Å². The summed E-state index contributed by atoms with van der Waals surface area (Å²) in [6.07, 6.45) is 0. The molecule has 0 saturated carbocycles. The van der Waals surface area contributed by atoms with Gasteiger partial charge in [-0.3, -0.25) is 9.69 Å². The first-order valence-electron chi connectivity index (χ1n) is 6.72. The minimum absolute atomic E-state index is 0.131. The van der Waals surface area contributed by atoms with Crippen molar-refractivity contribution in [2.24, 2.45) is 0 Å². The summed E-state index contributed by atoms with van der Waals surface area (Å²) in [5.41, 5.74) is 0.998. The van der Waals surface area contributed by atoms with Gasteiger partial charge in [0.1, 0.15) is 5.82 Å². The molecule has 1 atom stereocenters. The first-order chi connectivity index (χ1) is 9.52. The van der Waals surface area contributed by atoms with E-state index in [9.17, 15) is 9.18 Å². The summed E-state index contributed by atoms with van der Waals surface area (Å²) in [4.78, 5) is 16.0. The van der Waals surface area contributed by atoms with E-state index in [1.165, 1.54) is 6.07 Å². The molecule has 4 nitrogen and oxygen atoms in total. The van der Waals surface area contributed by atoms with Gasteiger partial charge in [-0.25, -0.2) is 4.39 Å². The molecule has 1 fully saturated rings. The van der Waals surface area contributed by atoms with E-state index in [1.807, 2.05) is 18.7 Å². The molecule has 20 heavy (non-hydrogen) atoms. The zero-order chi connectivity index (χ0) is 14.7. The van der Waals surface area contributed by atoms with Gasteiger partial charge in [0.15, 0.2) is 0 Å². The van der Waals surface area contributed by atoms with Crippen LogP contribution in [0.2, 0.25) is 0 Å². The Hall–Kier alpha value is -1.93. The predicted molar refractivity (Wildman–Crippen MR) is 73.7 cm³/mol. The van der Waals surface area contributed by atoms with Crippen molar-refractivity contribution in [3.63, 3.8) is 0 Å². The van der Waals surface area contributed by atoms with Crippen molar-refractivity contribution in [3.05, 3.63) is 35.1 Å². The third kappa shape index (κ3) is 2.97. The number of carbonyl (C=O) groups excluding carboxylic acids is 1. The number of benzene rings is 1. The number of nitriles is 1. The van der Waals surface area contributed by atoms with Crippen LogP contribution in [0, 0.1) is 24.1 Å². The quantitative estimate of drug-likeness (QED) is 0.827. The lowest BCUT2D eigenvalue weighted by Gasteiger charge is -2.36. The lowest BCUT2D eigenvalue weighted by molar-refractivity contribution is 0.0611. The average molecular weight is 275 g/mol. The fourth-order valence-corrected chi connectivity index (χ4v) is 2.37. The van der Waals surface area contributed by atoms with Gasteiger partial charge in [-0.1, -0.05) is 11.6 Å². The maximum atomic E-state index is 13.7. The predicted octanol–water partition coefficient (Wildman–Crippen LogP) is 1.80. The van der Waals surface area contributed by atoms with Gasteiger partial charge >= 0.3 is 0 Å². The van der Waals surface area contributed by atoms with Crippen LogP contribution in [-0.2, 0) is 0 Å². The minimum atomic E-state index is -0.478. The van der Waals surface area contributed by atoms with Gasteiger partial charge in [0.25, 0.3) is 5.91 Å². The molecule has 1 aromatic rings. The molecule has 0 radical (unpaired) electrons. The summed E-state index contributed by atoms with van der Waals surface area (Å²) in [6.45, 7) is 6.03. The van der Waals surface area contributed by atoms with Gasteiger partial charge in [-0.2, -0.15) is 5.26 Å². The third-order valence-corrected chi connectivity index (χ3v) is 3.69. The molecule has 0 aromatic heterocycles. The van der Waals surface area contributed by atoms with E-state index in [0.29, 0.717) is 26.2 Å². The van der Waals surface area contributed by atoms with Crippen molar-refractivity contribution >= 4 is 5.91 Å². The molecule has 1 heterocycles. The fourth-order valence-electron chi connectivity index (χ4n) is 2.37. The molecule has 0 aliphatic carbocycles. The zero-order valence-electron chi connectivity index (χ0n) is 11.8. The van der Waals surface area contributed by atoms with Crippen LogP contribution < -0.4 is 0 Å². The maximum absolute atomic E-state index is 13.7. The molecular weight excluding hydrogens is 257 g/mol. The summed E-state index contributed by atoms with van der Waals surface area (Å²) in [7, 11) is 0. The summed E-state index contributed by atoms with van der Waals surface area (Å²) in [6, 6.07) is 6.61. The monoisotopic (exact) mass is 275 g/mol. The maximum Gasteiger partial charge on any atom is 0.256 e. The van der Waals surface area contributed by atoms with Crippen LogP contribution in [-0.4, -0.2) is 47.9 Å². The summed E-state index contributed by atoms with van der Waals surface area (Å²) in [5, 5.41) is 8.89. The Morgan fingerprint density at radius 1 is 1.35 bits per heavy atom. The number of hydrogen-bond donors (Lipinski definition) is 0. The molecule has 5 heteroatoms. The number of carbonyl (C=O) groups is 1. The SMILES string of the molecule is Cc1ccc(F)c(C(=O)N2CCN(C(C)C#N)CC2)c1. The van der Waals surface area contributed by atoms with Gasteiger partial charge in [0, 0.05) is 26.2 Å². The first kappa shape index (κ1) is 14.5. The van der Waals surface area contributed by atoms with Gasteiger partial charge in [0.05, 0.1) is 17.7 Å². The topological polar surface area (TPSA) is 47.3 Å². The van der Waals surface area contributed by atoms with Crippen molar-refractivity contribution in [1.29, 1.82) is 5.26 Å². The minimum Gasteiger partial charge on any atom is -0.336 e. The highest BCUT2D eigenvalue weighted by Gasteiger charge is 2.26. The molecule has 1 saturated heterocycles. The zero-order valence-corrected chi connectivity index (χ0v) is 11.8. The normalized spacial score (nSPS) is 17.6. The van der Waals surface area contributed by atoms with E-state index < -0.39 is 5.82 Å². The van der Waals surface area contributed by atoms with E-state index in [0.717, 1.165) is 5.56 Å². The second-order valence-corrected chi connectivity index (χ2v) is 5.12. The Morgan fingerprint density at radius 3 is 2.60 bits per heavy atom. The Balaban J connectivity index is 2.05. The highest BCUT2D eigenvalue weighted by molar-refractivity contribution is 5.94. The van der Waals surface area contributed by atoms with Crippen LogP contribution in [0.25, 0.3) is 0 Å². The van der Waals surface area contributed by atoms with Gasteiger partial charge in [-0.05, 0) is 26.0 Å². The Labute approximate surface area is 118 Å². The molecule has 1 amide bonds. The number of aryl methyl sites for hydroxylation is 1. The van der Waals surface area contributed by atoms with Crippen molar-refractivity contribution in [2.45, 2.75) is 19.9 Å².